The standard InChI is InChI=1S/C20H18BrNO4/c1-13(20(25)16-7-9-18(10-8-16)22-14(2)23)26-19(24)11-6-15-4-3-5-17(21)12-15/h3-13H,1-2H3,(H,22,23)/b11-6+. The number of ether oxygens (including phenoxy) is 1. The molecule has 2 aromatic rings. The van der Waals surface area contributed by atoms with Crippen LogP contribution in [0.3, 0.4) is 0 Å². The van der Waals surface area contributed by atoms with E-state index in [0.717, 1.165) is 10.0 Å². The van der Waals surface area contributed by atoms with Gasteiger partial charge in [0.25, 0.3) is 0 Å². The Labute approximate surface area is 160 Å². The molecule has 5 nitrogen and oxygen atoms in total. The average Bonchev–Trinajstić information content (AvgIpc) is 2.59. The monoisotopic (exact) mass is 415 g/mol. The molecule has 1 atom stereocenters. The smallest absolute Gasteiger partial charge is 0.331 e. The van der Waals surface area contributed by atoms with Crippen molar-refractivity contribution in [3.05, 3.63) is 70.2 Å². The Hall–Kier alpha value is -2.73. The molecular weight excluding hydrogens is 398 g/mol. The van der Waals surface area contributed by atoms with E-state index < -0.39 is 12.1 Å². The molecule has 0 bridgehead atoms. The molecule has 0 aromatic heterocycles. The summed E-state index contributed by atoms with van der Waals surface area (Å²) in [7, 11) is 0. The van der Waals surface area contributed by atoms with Gasteiger partial charge in [-0.2, -0.15) is 0 Å². The maximum atomic E-state index is 12.3. The third-order valence-electron chi connectivity index (χ3n) is 3.41. The number of carbonyl (C=O) groups is 3. The highest BCUT2D eigenvalue weighted by atomic mass is 79.9. The molecule has 0 aliphatic heterocycles. The van der Waals surface area contributed by atoms with Gasteiger partial charge in [0, 0.05) is 28.7 Å². The summed E-state index contributed by atoms with van der Waals surface area (Å²) < 4.78 is 6.06. The molecule has 0 heterocycles. The van der Waals surface area contributed by atoms with E-state index >= 15 is 0 Å². The van der Waals surface area contributed by atoms with Crippen molar-refractivity contribution in [1.82, 2.24) is 0 Å². The van der Waals surface area contributed by atoms with Crippen molar-refractivity contribution in [3.8, 4) is 0 Å². The molecule has 1 N–H and O–H groups in total. The van der Waals surface area contributed by atoms with Crippen LogP contribution in [0.15, 0.2) is 59.1 Å². The zero-order valence-corrected chi connectivity index (χ0v) is 15.9. The van der Waals surface area contributed by atoms with E-state index in [9.17, 15) is 14.4 Å². The SMILES string of the molecule is CC(=O)Nc1ccc(C(=O)C(C)OC(=O)/C=C/c2cccc(Br)c2)cc1. The van der Waals surface area contributed by atoms with Crippen molar-refractivity contribution in [3.63, 3.8) is 0 Å². The average molecular weight is 416 g/mol. The Morgan fingerprint density at radius 1 is 1.12 bits per heavy atom. The van der Waals surface area contributed by atoms with Gasteiger partial charge in [-0.15, -0.1) is 0 Å². The maximum absolute atomic E-state index is 12.3. The van der Waals surface area contributed by atoms with Crippen LogP contribution in [0.5, 0.6) is 0 Å². The summed E-state index contributed by atoms with van der Waals surface area (Å²) in [5, 5.41) is 2.62. The van der Waals surface area contributed by atoms with E-state index in [2.05, 4.69) is 21.2 Å². The predicted octanol–water partition coefficient (Wildman–Crippen LogP) is 4.24. The number of carbonyl (C=O) groups excluding carboxylic acids is 3. The molecule has 0 saturated heterocycles. The molecule has 134 valence electrons. The molecule has 2 aromatic carbocycles. The largest absolute Gasteiger partial charge is 0.451 e. The minimum atomic E-state index is -0.915. The van der Waals surface area contributed by atoms with Crippen molar-refractivity contribution in [2.45, 2.75) is 20.0 Å². The first-order valence-electron chi connectivity index (χ1n) is 7.91. The van der Waals surface area contributed by atoms with Gasteiger partial charge in [-0.3, -0.25) is 9.59 Å². The van der Waals surface area contributed by atoms with Gasteiger partial charge in [-0.1, -0.05) is 28.1 Å². The normalized spacial score (nSPS) is 11.8. The quantitative estimate of drug-likeness (QED) is 0.435. The lowest BCUT2D eigenvalue weighted by Gasteiger charge is -2.11. The molecule has 2 rings (SSSR count). The molecule has 0 spiro atoms. The van der Waals surface area contributed by atoms with Gasteiger partial charge in [0.2, 0.25) is 11.7 Å². The van der Waals surface area contributed by atoms with Crippen molar-refractivity contribution >= 4 is 45.4 Å². The molecule has 1 amide bonds. The molecule has 0 aliphatic carbocycles. The van der Waals surface area contributed by atoms with Crippen molar-refractivity contribution in [2.24, 2.45) is 0 Å². The molecule has 6 heteroatoms. The maximum Gasteiger partial charge on any atom is 0.331 e. The van der Waals surface area contributed by atoms with Crippen LogP contribution in [0.4, 0.5) is 5.69 Å². The lowest BCUT2D eigenvalue weighted by Crippen LogP contribution is -2.23. The van der Waals surface area contributed by atoms with Crippen LogP contribution in [0.25, 0.3) is 6.08 Å². The predicted molar refractivity (Wildman–Crippen MR) is 104 cm³/mol. The first kappa shape index (κ1) is 19.6. The van der Waals surface area contributed by atoms with Crippen LogP contribution < -0.4 is 5.32 Å². The number of halogens is 1. The number of hydrogen-bond acceptors (Lipinski definition) is 4. The zero-order valence-electron chi connectivity index (χ0n) is 14.4. The highest BCUT2D eigenvalue weighted by molar-refractivity contribution is 9.10. The van der Waals surface area contributed by atoms with Crippen LogP contribution in [-0.2, 0) is 14.3 Å². The summed E-state index contributed by atoms with van der Waals surface area (Å²) in [6.07, 6.45) is 1.99. The van der Waals surface area contributed by atoms with E-state index in [4.69, 9.17) is 4.74 Å². The fraction of sp³-hybridized carbons (Fsp3) is 0.150. The van der Waals surface area contributed by atoms with E-state index in [1.54, 1.807) is 30.3 Å². The number of ketones is 1. The molecule has 0 radical (unpaired) electrons. The summed E-state index contributed by atoms with van der Waals surface area (Å²) in [6, 6.07) is 13.8. The first-order chi connectivity index (χ1) is 12.3. The summed E-state index contributed by atoms with van der Waals surface area (Å²) in [6.45, 7) is 2.93. The van der Waals surface area contributed by atoms with Gasteiger partial charge in [-0.05, 0) is 55.0 Å². The van der Waals surface area contributed by atoms with Crippen molar-refractivity contribution in [2.75, 3.05) is 5.32 Å². The molecule has 0 aliphatic rings. The van der Waals surface area contributed by atoms with Crippen LogP contribution in [0.1, 0.15) is 29.8 Å². The Balaban J connectivity index is 1.95. The van der Waals surface area contributed by atoms with E-state index in [0.29, 0.717) is 11.3 Å². The van der Waals surface area contributed by atoms with Crippen molar-refractivity contribution < 1.29 is 19.1 Å². The van der Waals surface area contributed by atoms with Crippen LogP contribution >= 0.6 is 15.9 Å². The zero-order chi connectivity index (χ0) is 19.1. The summed E-state index contributed by atoms with van der Waals surface area (Å²) in [4.78, 5) is 35.2. The minimum Gasteiger partial charge on any atom is -0.451 e. The molecule has 0 saturated carbocycles. The van der Waals surface area contributed by atoms with Gasteiger partial charge < -0.3 is 10.1 Å². The summed E-state index contributed by atoms with van der Waals surface area (Å²) in [5.74, 6) is -1.10. The number of Topliss-reactive ketones (excluding diaryl/α,β-unsaturated/α-hetero) is 1. The van der Waals surface area contributed by atoms with E-state index in [1.807, 2.05) is 24.3 Å². The van der Waals surface area contributed by atoms with Gasteiger partial charge in [-0.25, -0.2) is 4.79 Å². The second kappa shape index (κ2) is 9.10. The number of rotatable bonds is 6. The van der Waals surface area contributed by atoms with Crippen LogP contribution in [0.2, 0.25) is 0 Å². The number of nitrogens with one attached hydrogen (secondary N) is 1. The summed E-state index contributed by atoms with van der Waals surface area (Å²) >= 11 is 3.35. The summed E-state index contributed by atoms with van der Waals surface area (Å²) in [5.41, 5.74) is 1.83. The van der Waals surface area contributed by atoms with Crippen LogP contribution in [-0.4, -0.2) is 23.8 Å². The lowest BCUT2D eigenvalue weighted by atomic mass is 10.1. The second-order valence-electron chi connectivity index (χ2n) is 5.59. The third-order valence-corrected chi connectivity index (χ3v) is 3.91. The fourth-order valence-electron chi connectivity index (χ4n) is 2.20. The molecule has 0 fully saturated rings. The molecule has 1 unspecified atom stereocenters. The van der Waals surface area contributed by atoms with Crippen molar-refractivity contribution in [1.29, 1.82) is 0 Å². The fourth-order valence-corrected chi connectivity index (χ4v) is 2.61. The highest BCUT2D eigenvalue weighted by Gasteiger charge is 2.18. The number of anilines is 1. The number of hydrogen-bond donors (Lipinski definition) is 1. The van der Waals surface area contributed by atoms with E-state index in [-0.39, 0.29) is 11.7 Å². The van der Waals surface area contributed by atoms with E-state index in [1.165, 1.54) is 19.9 Å². The topological polar surface area (TPSA) is 72.5 Å². The van der Waals surface area contributed by atoms with Gasteiger partial charge in [0.1, 0.15) is 0 Å². The number of benzene rings is 2. The Morgan fingerprint density at radius 2 is 1.81 bits per heavy atom. The Kier molecular flexibility index (Phi) is 6.86. The van der Waals surface area contributed by atoms with Gasteiger partial charge in [0.05, 0.1) is 0 Å². The second-order valence-corrected chi connectivity index (χ2v) is 6.51. The van der Waals surface area contributed by atoms with Gasteiger partial charge >= 0.3 is 5.97 Å². The van der Waals surface area contributed by atoms with Gasteiger partial charge in [0.15, 0.2) is 6.10 Å². The van der Waals surface area contributed by atoms with Crippen LogP contribution in [0, 0.1) is 0 Å². The lowest BCUT2D eigenvalue weighted by molar-refractivity contribution is -0.140. The minimum absolute atomic E-state index is 0.191. The first-order valence-corrected chi connectivity index (χ1v) is 8.70. The molecular formula is C20H18BrNO4. The Bertz CT molecular complexity index is 843. The molecule has 26 heavy (non-hydrogen) atoms. The highest BCUT2D eigenvalue weighted by Crippen LogP contribution is 2.14. The number of amides is 1. The third kappa shape index (κ3) is 5.97. The number of esters is 1. The Morgan fingerprint density at radius 3 is 2.42 bits per heavy atom.